The van der Waals surface area contributed by atoms with Gasteiger partial charge in [0.2, 0.25) is 0 Å². The van der Waals surface area contributed by atoms with Gasteiger partial charge in [-0.1, -0.05) is 19.3 Å². The van der Waals surface area contributed by atoms with Gasteiger partial charge in [0, 0.05) is 12.6 Å². The van der Waals surface area contributed by atoms with Crippen LogP contribution in [0.2, 0.25) is 0 Å². The predicted octanol–water partition coefficient (Wildman–Crippen LogP) is 2.46. The van der Waals surface area contributed by atoms with Crippen molar-refractivity contribution in [1.29, 1.82) is 0 Å². The minimum absolute atomic E-state index is 0.108. The van der Waals surface area contributed by atoms with Crippen LogP contribution in [0.4, 0.5) is 0 Å². The minimum atomic E-state index is 0.108. The molecule has 0 atom stereocenters. The van der Waals surface area contributed by atoms with Crippen molar-refractivity contribution in [3.05, 3.63) is 24.0 Å². The third kappa shape index (κ3) is 2.17. The van der Waals surface area contributed by atoms with Crippen molar-refractivity contribution in [2.24, 2.45) is 5.92 Å². The smallest absolute Gasteiger partial charge is 0.185 e. The first-order valence-corrected chi connectivity index (χ1v) is 5.33. The third-order valence-corrected chi connectivity index (χ3v) is 2.95. The van der Waals surface area contributed by atoms with E-state index in [2.05, 4.69) is 4.98 Å². The van der Waals surface area contributed by atoms with E-state index in [1.165, 1.54) is 19.3 Å². The fourth-order valence-corrected chi connectivity index (χ4v) is 1.82. The highest BCUT2D eigenvalue weighted by atomic mass is 16.5. The van der Waals surface area contributed by atoms with Gasteiger partial charge in [-0.3, -0.25) is 4.79 Å². The van der Waals surface area contributed by atoms with Gasteiger partial charge in [0.05, 0.1) is 7.11 Å². The second-order valence-corrected chi connectivity index (χ2v) is 3.98. The molecular weight excluding hydrogens is 190 g/mol. The molecule has 3 heteroatoms. The first-order chi connectivity index (χ1) is 7.31. The molecule has 0 unspecified atom stereocenters. The third-order valence-electron chi connectivity index (χ3n) is 2.95. The molecule has 0 bridgehead atoms. The molecule has 0 spiro atoms. The predicted molar refractivity (Wildman–Crippen MR) is 57.1 cm³/mol. The Bertz CT molecular complexity index is 358. The van der Waals surface area contributed by atoms with Crippen LogP contribution in [0.3, 0.4) is 0 Å². The Kier molecular flexibility index (Phi) is 2.99. The van der Waals surface area contributed by atoms with Gasteiger partial charge in [-0.2, -0.15) is 0 Å². The first kappa shape index (κ1) is 10.1. The van der Waals surface area contributed by atoms with Gasteiger partial charge in [-0.15, -0.1) is 0 Å². The monoisotopic (exact) mass is 205 g/mol. The van der Waals surface area contributed by atoms with Crippen molar-refractivity contribution in [3.63, 3.8) is 0 Å². The standard InChI is InChI=1S/C12H15NO2/c1-15-11-6-3-7-13-12(11)10(14)8-9-4-2-5-9/h3,6-7,9H,2,4-5,8H2,1H3. The molecule has 0 aromatic carbocycles. The SMILES string of the molecule is COc1cccnc1C(=O)CC1CCC1. The van der Waals surface area contributed by atoms with Crippen LogP contribution in [0.1, 0.15) is 36.2 Å². The molecule has 1 aliphatic carbocycles. The molecule has 0 N–H and O–H groups in total. The highest BCUT2D eigenvalue weighted by Gasteiger charge is 2.23. The van der Waals surface area contributed by atoms with Crippen molar-refractivity contribution in [3.8, 4) is 5.75 Å². The highest BCUT2D eigenvalue weighted by Crippen LogP contribution is 2.31. The van der Waals surface area contributed by atoms with Gasteiger partial charge in [0.1, 0.15) is 11.4 Å². The van der Waals surface area contributed by atoms with Crippen molar-refractivity contribution >= 4 is 5.78 Å². The lowest BCUT2D eigenvalue weighted by atomic mass is 9.81. The molecule has 1 aromatic heterocycles. The molecule has 80 valence electrons. The van der Waals surface area contributed by atoms with Crippen LogP contribution in [0.15, 0.2) is 18.3 Å². The summed E-state index contributed by atoms with van der Waals surface area (Å²) < 4.78 is 5.12. The maximum absolute atomic E-state index is 11.9. The molecule has 1 aromatic rings. The normalized spacial score (nSPS) is 15.8. The van der Waals surface area contributed by atoms with Crippen LogP contribution in [0, 0.1) is 5.92 Å². The number of rotatable bonds is 4. The lowest BCUT2D eigenvalue weighted by Gasteiger charge is -2.24. The summed E-state index contributed by atoms with van der Waals surface area (Å²) in [4.78, 5) is 16.0. The topological polar surface area (TPSA) is 39.2 Å². The molecule has 1 heterocycles. The Morgan fingerprint density at radius 2 is 2.40 bits per heavy atom. The Balaban J connectivity index is 2.09. The van der Waals surface area contributed by atoms with Crippen molar-refractivity contribution in [1.82, 2.24) is 4.98 Å². The fourth-order valence-electron chi connectivity index (χ4n) is 1.82. The second-order valence-electron chi connectivity index (χ2n) is 3.98. The summed E-state index contributed by atoms with van der Waals surface area (Å²) in [5.74, 6) is 1.27. The average Bonchev–Trinajstić information content (AvgIpc) is 2.23. The molecule has 3 nitrogen and oxygen atoms in total. The quantitative estimate of drug-likeness (QED) is 0.709. The zero-order valence-corrected chi connectivity index (χ0v) is 8.90. The number of Topliss-reactive ketones (excluding diaryl/α,β-unsaturated/α-hetero) is 1. The largest absolute Gasteiger partial charge is 0.494 e. The summed E-state index contributed by atoms with van der Waals surface area (Å²) in [6, 6.07) is 3.56. The molecule has 1 aliphatic rings. The average molecular weight is 205 g/mol. The maximum Gasteiger partial charge on any atom is 0.185 e. The molecule has 0 aliphatic heterocycles. The Morgan fingerprint density at radius 1 is 1.60 bits per heavy atom. The number of ether oxygens (including phenoxy) is 1. The zero-order valence-electron chi connectivity index (χ0n) is 8.90. The second kappa shape index (κ2) is 4.43. The number of hydrogen-bond donors (Lipinski definition) is 0. The van der Waals surface area contributed by atoms with Crippen molar-refractivity contribution < 1.29 is 9.53 Å². The Hall–Kier alpha value is -1.38. The lowest BCUT2D eigenvalue weighted by Crippen LogP contribution is -2.17. The van der Waals surface area contributed by atoms with Crippen LogP contribution in [-0.4, -0.2) is 17.9 Å². The summed E-state index contributed by atoms with van der Waals surface area (Å²) in [6.45, 7) is 0. The Morgan fingerprint density at radius 3 is 3.00 bits per heavy atom. The van der Waals surface area contributed by atoms with Crippen LogP contribution < -0.4 is 4.74 Å². The summed E-state index contributed by atoms with van der Waals surface area (Å²) in [7, 11) is 1.57. The number of nitrogens with zero attached hydrogens (tertiary/aromatic N) is 1. The minimum Gasteiger partial charge on any atom is -0.494 e. The summed E-state index contributed by atoms with van der Waals surface area (Å²) in [5.41, 5.74) is 0.479. The van der Waals surface area contributed by atoms with E-state index in [1.54, 1.807) is 25.4 Å². The molecule has 15 heavy (non-hydrogen) atoms. The maximum atomic E-state index is 11.9. The summed E-state index contributed by atoms with van der Waals surface area (Å²) in [5, 5.41) is 0. The van der Waals surface area contributed by atoms with Crippen LogP contribution in [0.25, 0.3) is 0 Å². The number of pyridine rings is 1. The van der Waals surface area contributed by atoms with Gasteiger partial charge in [-0.05, 0) is 18.1 Å². The van der Waals surface area contributed by atoms with E-state index in [1.807, 2.05) is 0 Å². The van der Waals surface area contributed by atoms with E-state index >= 15 is 0 Å². The molecular formula is C12H15NO2. The number of ketones is 1. The molecule has 2 rings (SSSR count). The van der Waals surface area contributed by atoms with Crippen LogP contribution >= 0.6 is 0 Å². The zero-order chi connectivity index (χ0) is 10.7. The first-order valence-electron chi connectivity index (χ1n) is 5.33. The molecule has 0 amide bonds. The van der Waals surface area contributed by atoms with Gasteiger partial charge < -0.3 is 4.74 Å². The van der Waals surface area contributed by atoms with Crippen LogP contribution in [-0.2, 0) is 0 Å². The number of carbonyl (C=O) groups excluding carboxylic acids is 1. The van der Waals surface area contributed by atoms with E-state index in [4.69, 9.17) is 4.74 Å². The number of aromatic nitrogens is 1. The lowest BCUT2D eigenvalue weighted by molar-refractivity contribution is 0.0928. The van der Waals surface area contributed by atoms with Crippen LogP contribution in [0.5, 0.6) is 5.75 Å². The van der Waals surface area contributed by atoms with Gasteiger partial charge in [0.25, 0.3) is 0 Å². The van der Waals surface area contributed by atoms with Crippen molar-refractivity contribution in [2.45, 2.75) is 25.7 Å². The molecule has 0 radical (unpaired) electrons. The Labute approximate surface area is 89.5 Å². The number of carbonyl (C=O) groups is 1. The molecule has 1 fully saturated rings. The molecule has 1 saturated carbocycles. The van der Waals surface area contributed by atoms with E-state index in [9.17, 15) is 4.79 Å². The van der Waals surface area contributed by atoms with Crippen molar-refractivity contribution in [2.75, 3.05) is 7.11 Å². The summed E-state index contributed by atoms with van der Waals surface area (Å²) in [6.07, 6.45) is 5.88. The van der Waals surface area contributed by atoms with E-state index in [-0.39, 0.29) is 5.78 Å². The number of methoxy groups -OCH3 is 1. The van der Waals surface area contributed by atoms with Gasteiger partial charge >= 0.3 is 0 Å². The fraction of sp³-hybridized carbons (Fsp3) is 0.500. The highest BCUT2D eigenvalue weighted by molar-refractivity contribution is 5.96. The van der Waals surface area contributed by atoms with Gasteiger partial charge in [-0.25, -0.2) is 4.98 Å². The van der Waals surface area contributed by atoms with E-state index in [0.717, 1.165) is 0 Å². The summed E-state index contributed by atoms with van der Waals surface area (Å²) >= 11 is 0. The van der Waals surface area contributed by atoms with Gasteiger partial charge in [0.15, 0.2) is 5.78 Å². The number of hydrogen-bond acceptors (Lipinski definition) is 3. The van der Waals surface area contributed by atoms with E-state index in [0.29, 0.717) is 23.8 Å². The van der Waals surface area contributed by atoms with E-state index < -0.39 is 0 Å². The molecule has 0 saturated heterocycles.